The Morgan fingerprint density at radius 1 is 1.38 bits per heavy atom. The van der Waals surface area contributed by atoms with Crippen molar-refractivity contribution >= 4 is 21.7 Å². The van der Waals surface area contributed by atoms with Crippen LogP contribution in [0.1, 0.15) is 17.3 Å². The smallest absolute Gasteiger partial charge is 0.339 e. The van der Waals surface area contributed by atoms with Gasteiger partial charge in [0, 0.05) is 25.9 Å². The third kappa shape index (κ3) is 4.69. The van der Waals surface area contributed by atoms with Gasteiger partial charge in [0.25, 0.3) is 0 Å². The van der Waals surface area contributed by atoms with E-state index in [9.17, 15) is 13.2 Å². The molecule has 0 fully saturated rings. The molecule has 21 heavy (non-hydrogen) atoms. The van der Waals surface area contributed by atoms with Crippen molar-refractivity contribution in [1.82, 2.24) is 4.72 Å². The average Bonchev–Trinajstić information content (AvgIpc) is 2.44. The number of sulfonamides is 1. The van der Waals surface area contributed by atoms with Gasteiger partial charge in [-0.3, -0.25) is 0 Å². The molecule has 0 saturated heterocycles. The fourth-order valence-corrected chi connectivity index (χ4v) is 3.06. The molecule has 0 aliphatic heterocycles. The zero-order valence-corrected chi connectivity index (χ0v) is 13.1. The van der Waals surface area contributed by atoms with Crippen molar-refractivity contribution in [3.8, 4) is 0 Å². The number of esters is 1. The maximum absolute atomic E-state index is 12.3. The van der Waals surface area contributed by atoms with Crippen LogP contribution in [0.15, 0.2) is 23.1 Å². The van der Waals surface area contributed by atoms with E-state index in [1.807, 2.05) is 6.92 Å². The van der Waals surface area contributed by atoms with Gasteiger partial charge in [0.15, 0.2) is 0 Å². The quantitative estimate of drug-likeness (QED) is 0.564. The van der Waals surface area contributed by atoms with Crippen LogP contribution in [0, 0.1) is 5.92 Å². The van der Waals surface area contributed by atoms with Gasteiger partial charge in [0.2, 0.25) is 10.0 Å². The molecule has 3 N–H and O–H groups in total. The number of ether oxygens (including phenoxy) is 2. The number of carbonyl (C=O) groups excluding carboxylic acids is 1. The van der Waals surface area contributed by atoms with Gasteiger partial charge in [0.05, 0.1) is 17.6 Å². The summed E-state index contributed by atoms with van der Waals surface area (Å²) < 4.78 is 36.6. The molecule has 8 heteroatoms. The van der Waals surface area contributed by atoms with Crippen LogP contribution >= 0.6 is 0 Å². The van der Waals surface area contributed by atoms with Crippen LogP contribution in [0.4, 0.5) is 5.69 Å². The Bertz CT molecular complexity index is 601. The van der Waals surface area contributed by atoms with Gasteiger partial charge >= 0.3 is 5.97 Å². The number of anilines is 1. The summed E-state index contributed by atoms with van der Waals surface area (Å²) >= 11 is 0. The molecule has 0 spiro atoms. The Kier molecular flexibility index (Phi) is 6.13. The molecule has 1 atom stereocenters. The van der Waals surface area contributed by atoms with Gasteiger partial charge in [-0.25, -0.2) is 17.9 Å². The largest absolute Gasteiger partial charge is 0.465 e. The molecule has 0 heterocycles. The number of rotatable bonds is 7. The van der Waals surface area contributed by atoms with Crippen LogP contribution < -0.4 is 10.5 Å². The number of hydrogen-bond donors (Lipinski definition) is 2. The van der Waals surface area contributed by atoms with Crippen molar-refractivity contribution in [2.24, 2.45) is 5.92 Å². The van der Waals surface area contributed by atoms with Crippen LogP contribution in [-0.4, -0.2) is 41.8 Å². The van der Waals surface area contributed by atoms with Gasteiger partial charge in [-0.05, 0) is 24.1 Å². The molecule has 0 amide bonds. The van der Waals surface area contributed by atoms with Crippen molar-refractivity contribution in [1.29, 1.82) is 0 Å². The molecule has 1 aromatic rings. The summed E-state index contributed by atoms with van der Waals surface area (Å²) in [6.07, 6.45) is 0. The van der Waals surface area contributed by atoms with E-state index >= 15 is 0 Å². The second kappa shape index (κ2) is 7.39. The lowest BCUT2D eigenvalue weighted by Gasteiger charge is -2.14. The Labute approximate surface area is 124 Å². The Hall–Kier alpha value is -1.64. The van der Waals surface area contributed by atoms with Gasteiger partial charge in [-0.1, -0.05) is 6.92 Å². The van der Waals surface area contributed by atoms with Crippen molar-refractivity contribution in [3.63, 3.8) is 0 Å². The van der Waals surface area contributed by atoms with Crippen molar-refractivity contribution in [3.05, 3.63) is 23.8 Å². The second-order valence-electron chi connectivity index (χ2n) is 4.66. The van der Waals surface area contributed by atoms with E-state index in [0.717, 1.165) is 0 Å². The van der Waals surface area contributed by atoms with E-state index in [1.165, 1.54) is 25.3 Å². The molecule has 1 aromatic carbocycles. The van der Waals surface area contributed by atoms with E-state index in [-0.39, 0.29) is 28.6 Å². The lowest BCUT2D eigenvalue weighted by Crippen LogP contribution is -2.31. The molecule has 0 aromatic heterocycles. The molecule has 1 unspecified atom stereocenters. The van der Waals surface area contributed by atoms with Gasteiger partial charge in [-0.2, -0.15) is 0 Å². The number of nitrogens with one attached hydrogen (secondary N) is 1. The summed E-state index contributed by atoms with van der Waals surface area (Å²) in [7, 11) is -1.12. The zero-order chi connectivity index (χ0) is 16.0. The minimum atomic E-state index is -3.84. The Morgan fingerprint density at radius 3 is 2.62 bits per heavy atom. The van der Waals surface area contributed by atoms with E-state index in [4.69, 9.17) is 10.5 Å². The predicted octanol–water partition coefficient (Wildman–Crippen LogP) is 0.616. The first-order chi connectivity index (χ1) is 9.81. The monoisotopic (exact) mass is 316 g/mol. The number of nitrogens with two attached hydrogens (primary N) is 1. The normalized spacial score (nSPS) is 12.9. The molecule has 0 radical (unpaired) electrons. The third-order valence-electron chi connectivity index (χ3n) is 2.77. The molecule has 0 aliphatic carbocycles. The van der Waals surface area contributed by atoms with E-state index < -0.39 is 16.0 Å². The SMILES string of the molecule is COCC(C)CNS(=O)(=O)c1ccc(N)cc1C(=O)OC. The first-order valence-corrected chi connectivity index (χ1v) is 7.76. The van der Waals surface area contributed by atoms with Gasteiger partial charge < -0.3 is 15.2 Å². The summed E-state index contributed by atoms with van der Waals surface area (Å²) in [4.78, 5) is 11.5. The van der Waals surface area contributed by atoms with Crippen LogP contribution in [0.3, 0.4) is 0 Å². The molecule has 118 valence electrons. The summed E-state index contributed by atoms with van der Waals surface area (Å²) in [6, 6.07) is 3.98. The molecule has 1 rings (SSSR count). The van der Waals surface area contributed by atoms with E-state index in [0.29, 0.717) is 6.61 Å². The number of nitrogen functional groups attached to an aromatic ring is 1. The van der Waals surface area contributed by atoms with Crippen LogP contribution in [0.2, 0.25) is 0 Å². The number of methoxy groups -OCH3 is 2. The minimum Gasteiger partial charge on any atom is -0.465 e. The van der Waals surface area contributed by atoms with Crippen LogP contribution in [0.25, 0.3) is 0 Å². The first kappa shape index (κ1) is 17.4. The van der Waals surface area contributed by atoms with E-state index in [1.54, 1.807) is 7.11 Å². The summed E-state index contributed by atoms with van der Waals surface area (Å²) in [5.74, 6) is -0.757. The van der Waals surface area contributed by atoms with Crippen molar-refractivity contribution < 1.29 is 22.7 Å². The highest BCUT2D eigenvalue weighted by Gasteiger charge is 2.23. The Balaban J connectivity index is 3.05. The lowest BCUT2D eigenvalue weighted by atomic mass is 10.2. The minimum absolute atomic E-state index is 0.000123. The maximum Gasteiger partial charge on any atom is 0.339 e. The highest BCUT2D eigenvalue weighted by Crippen LogP contribution is 2.20. The van der Waals surface area contributed by atoms with Crippen molar-refractivity contribution in [2.45, 2.75) is 11.8 Å². The van der Waals surface area contributed by atoms with Crippen molar-refractivity contribution in [2.75, 3.05) is 33.1 Å². The van der Waals surface area contributed by atoms with Gasteiger partial charge in [0.1, 0.15) is 0 Å². The number of carbonyl (C=O) groups is 1. The second-order valence-corrected chi connectivity index (χ2v) is 6.39. The highest BCUT2D eigenvalue weighted by atomic mass is 32.2. The maximum atomic E-state index is 12.3. The molecule has 0 saturated carbocycles. The lowest BCUT2D eigenvalue weighted by molar-refractivity contribution is 0.0596. The fourth-order valence-electron chi connectivity index (χ4n) is 1.72. The Morgan fingerprint density at radius 2 is 2.05 bits per heavy atom. The standard InChI is InChI=1S/C13H20N2O5S/c1-9(8-19-2)7-15-21(17,18)12-5-4-10(14)6-11(12)13(16)20-3/h4-6,9,15H,7-8,14H2,1-3H3. The summed E-state index contributed by atoms with van der Waals surface area (Å²) in [6.45, 7) is 2.46. The fraction of sp³-hybridized carbons (Fsp3) is 0.462. The molecule has 0 bridgehead atoms. The van der Waals surface area contributed by atoms with Crippen LogP contribution in [-0.2, 0) is 19.5 Å². The number of hydrogen-bond acceptors (Lipinski definition) is 6. The number of benzene rings is 1. The highest BCUT2D eigenvalue weighted by molar-refractivity contribution is 7.89. The third-order valence-corrected chi connectivity index (χ3v) is 4.25. The molecule has 0 aliphatic rings. The summed E-state index contributed by atoms with van der Waals surface area (Å²) in [5.41, 5.74) is 5.77. The van der Waals surface area contributed by atoms with E-state index in [2.05, 4.69) is 9.46 Å². The van der Waals surface area contributed by atoms with Crippen LogP contribution in [0.5, 0.6) is 0 Å². The molecular weight excluding hydrogens is 296 g/mol. The predicted molar refractivity (Wildman–Crippen MR) is 78.4 cm³/mol. The topological polar surface area (TPSA) is 108 Å². The molecule has 7 nitrogen and oxygen atoms in total. The molecular formula is C13H20N2O5S. The van der Waals surface area contributed by atoms with Gasteiger partial charge in [-0.15, -0.1) is 0 Å². The first-order valence-electron chi connectivity index (χ1n) is 6.28. The zero-order valence-electron chi connectivity index (χ0n) is 12.3. The average molecular weight is 316 g/mol. The summed E-state index contributed by atoms with van der Waals surface area (Å²) in [5, 5.41) is 0.